The Kier molecular flexibility index (Phi) is 7.68. The summed E-state index contributed by atoms with van der Waals surface area (Å²) in [5.41, 5.74) is 10.9. The van der Waals surface area contributed by atoms with Crippen LogP contribution in [0.3, 0.4) is 0 Å². The van der Waals surface area contributed by atoms with Crippen LogP contribution >= 0.6 is 0 Å². The van der Waals surface area contributed by atoms with E-state index < -0.39 is 54.3 Å². The number of rotatable bonds is 10. The average Bonchev–Trinajstić information content (AvgIpc) is 3.03. The molecule has 3 amide bonds. The van der Waals surface area contributed by atoms with Crippen LogP contribution < -0.4 is 22.1 Å². The first-order valence-electron chi connectivity index (χ1n) is 7.64. The van der Waals surface area contributed by atoms with E-state index in [2.05, 4.69) is 20.6 Å². The molecule has 4 atom stereocenters. The van der Waals surface area contributed by atoms with Gasteiger partial charge in [-0.1, -0.05) is 0 Å². The van der Waals surface area contributed by atoms with Gasteiger partial charge in [0, 0.05) is 18.3 Å². The lowest BCUT2D eigenvalue weighted by Gasteiger charge is -2.24. The molecule has 0 saturated heterocycles. The number of nitrogens with one attached hydrogen (secondary N) is 3. The maximum Gasteiger partial charge on any atom is 0.326 e. The van der Waals surface area contributed by atoms with Crippen LogP contribution in [0.25, 0.3) is 0 Å². The number of aliphatic hydroxyl groups excluding tert-OH is 1. The summed E-state index contributed by atoms with van der Waals surface area (Å²) in [6.45, 7) is 1.23. The third-order valence-corrected chi connectivity index (χ3v) is 3.41. The van der Waals surface area contributed by atoms with Crippen molar-refractivity contribution in [3.05, 3.63) is 18.2 Å². The summed E-state index contributed by atoms with van der Waals surface area (Å²) in [6, 6.07) is -4.09. The highest BCUT2D eigenvalue weighted by Crippen LogP contribution is 2.02. The third kappa shape index (κ3) is 6.49. The number of amides is 3. The maximum atomic E-state index is 12.3. The van der Waals surface area contributed by atoms with Crippen LogP contribution in [0.2, 0.25) is 0 Å². The van der Waals surface area contributed by atoms with Crippen LogP contribution in [0.4, 0.5) is 0 Å². The van der Waals surface area contributed by atoms with Crippen LogP contribution in [0.15, 0.2) is 12.5 Å². The molecule has 12 heteroatoms. The van der Waals surface area contributed by atoms with Crippen molar-refractivity contribution in [2.24, 2.45) is 11.5 Å². The molecule has 0 aliphatic heterocycles. The van der Waals surface area contributed by atoms with Crippen molar-refractivity contribution in [3.8, 4) is 0 Å². The van der Waals surface area contributed by atoms with E-state index in [4.69, 9.17) is 11.5 Å². The number of carboxylic acids is 1. The molecule has 1 heterocycles. The Morgan fingerprint density at radius 3 is 2.38 bits per heavy atom. The fourth-order valence-corrected chi connectivity index (χ4v) is 2.05. The monoisotopic (exact) mass is 370 g/mol. The van der Waals surface area contributed by atoms with Gasteiger partial charge >= 0.3 is 5.97 Å². The summed E-state index contributed by atoms with van der Waals surface area (Å²) in [4.78, 5) is 52.8. The lowest BCUT2D eigenvalue weighted by atomic mass is 10.1. The smallest absolute Gasteiger partial charge is 0.326 e. The number of imidazole rings is 1. The standard InChI is InChI=1S/C14H22N6O6/c1-6(21)11(20-12(23)8(15)3-10(16)22)13(24)19-9(14(25)26)2-7-4-17-5-18-7/h4-6,8-9,11,21H,2-3,15H2,1H3,(H2,16,22)(H,17,18)(H,19,24)(H,20,23)(H,25,26)/t6-,8+,9+,11+/m1/s1. The summed E-state index contributed by atoms with van der Waals surface area (Å²) in [7, 11) is 0. The van der Waals surface area contributed by atoms with Gasteiger partial charge in [-0.2, -0.15) is 0 Å². The number of carbonyl (C=O) groups excluding carboxylic acids is 3. The fraction of sp³-hybridized carbons (Fsp3) is 0.500. The first-order chi connectivity index (χ1) is 12.1. The zero-order valence-electron chi connectivity index (χ0n) is 14.0. The lowest BCUT2D eigenvalue weighted by molar-refractivity contribution is -0.143. The van der Waals surface area contributed by atoms with Gasteiger partial charge in [0.2, 0.25) is 17.7 Å². The maximum absolute atomic E-state index is 12.3. The van der Waals surface area contributed by atoms with E-state index in [1.54, 1.807) is 0 Å². The van der Waals surface area contributed by atoms with Crippen LogP contribution in [0.1, 0.15) is 19.0 Å². The number of nitrogens with zero attached hydrogens (tertiary/aromatic N) is 1. The Labute approximate surface area is 148 Å². The van der Waals surface area contributed by atoms with Crippen molar-refractivity contribution in [1.29, 1.82) is 0 Å². The molecular weight excluding hydrogens is 348 g/mol. The van der Waals surface area contributed by atoms with Crippen molar-refractivity contribution in [2.45, 2.75) is 44.0 Å². The average molecular weight is 370 g/mol. The summed E-state index contributed by atoms with van der Waals surface area (Å²) in [6.07, 6.45) is 0.884. The number of primary amides is 1. The summed E-state index contributed by atoms with van der Waals surface area (Å²) in [5.74, 6) is -3.93. The minimum Gasteiger partial charge on any atom is -0.480 e. The Balaban J connectivity index is 2.78. The zero-order valence-corrected chi connectivity index (χ0v) is 14.0. The Morgan fingerprint density at radius 2 is 1.92 bits per heavy atom. The van der Waals surface area contributed by atoms with Gasteiger partial charge in [-0.25, -0.2) is 9.78 Å². The molecule has 0 unspecified atom stereocenters. The second-order valence-electron chi connectivity index (χ2n) is 5.68. The van der Waals surface area contributed by atoms with E-state index in [9.17, 15) is 29.4 Å². The number of carbonyl (C=O) groups is 4. The predicted octanol–water partition coefficient (Wildman–Crippen LogP) is -3.41. The molecule has 0 fully saturated rings. The Morgan fingerprint density at radius 1 is 1.27 bits per heavy atom. The number of H-pyrrole nitrogens is 1. The molecule has 26 heavy (non-hydrogen) atoms. The largest absolute Gasteiger partial charge is 0.480 e. The molecule has 0 spiro atoms. The number of aromatic nitrogens is 2. The van der Waals surface area contributed by atoms with Crippen molar-refractivity contribution in [1.82, 2.24) is 20.6 Å². The Hall–Kier alpha value is -2.99. The molecule has 0 aromatic carbocycles. The highest BCUT2D eigenvalue weighted by atomic mass is 16.4. The lowest BCUT2D eigenvalue weighted by Crippen LogP contribution is -2.58. The first kappa shape index (κ1) is 21.1. The molecule has 12 nitrogen and oxygen atoms in total. The number of aliphatic hydroxyl groups is 1. The third-order valence-electron chi connectivity index (χ3n) is 3.41. The van der Waals surface area contributed by atoms with Gasteiger partial charge in [-0.05, 0) is 6.92 Å². The molecule has 9 N–H and O–H groups in total. The number of hydrogen-bond donors (Lipinski definition) is 7. The fourth-order valence-electron chi connectivity index (χ4n) is 2.05. The van der Waals surface area contributed by atoms with Crippen LogP contribution in [0.5, 0.6) is 0 Å². The van der Waals surface area contributed by atoms with Crippen LogP contribution in [-0.4, -0.2) is 68.1 Å². The SMILES string of the molecule is C[C@@H](O)[C@H](NC(=O)[C@@H](N)CC(N)=O)C(=O)N[C@@H](Cc1cnc[nH]1)C(=O)O. The zero-order chi connectivity index (χ0) is 19.9. The van der Waals surface area contributed by atoms with Gasteiger partial charge in [-0.3, -0.25) is 14.4 Å². The minimum absolute atomic E-state index is 0.0806. The van der Waals surface area contributed by atoms with E-state index in [1.165, 1.54) is 19.4 Å². The van der Waals surface area contributed by atoms with Crippen LogP contribution in [-0.2, 0) is 25.6 Å². The molecule has 0 bridgehead atoms. The van der Waals surface area contributed by atoms with Gasteiger partial charge < -0.3 is 37.3 Å². The van der Waals surface area contributed by atoms with Crippen molar-refractivity contribution < 1.29 is 29.4 Å². The number of carboxylic acid groups (broad SMARTS) is 1. The number of aliphatic carboxylic acids is 1. The van der Waals surface area contributed by atoms with E-state index in [-0.39, 0.29) is 6.42 Å². The molecule has 0 saturated carbocycles. The highest BCUT2D eigenvalue weighted by Gasteiger charge is 2.31. The van der Waals surface area contributed by atoms with E-state index in [0.717, 1.165) is 0 Å². The number of aromatic amines is 1. The topological polar surface area (TPSA) is 214 Å². The molecule has 1 aromatic rings. The van der Waals surface area contributed by atoms with Gasteiger partial charge in [0.15, 0.2) is 0 Å². The molecule has 144 valence electrons. The highest BCUT2D eigenvalue weighted by molar-refractivity contribution is 5.93. The molecular formula is C14H22N6O6. The quantitative estimate of drug-likeness (QED) is 0.220. The summed E-state index contributed by atoms with van der Waals surface area (Å²) < 4.78 is 0. The molecule has 1 aromatic heterocycles. The predicted molar refractivity (Wildman–Crippen MR) is 87.3 cm³/mol. The summed E-state index contributed by atoms with van der Waals surface area (Å²) >= 11 is 0. The van der Waals surface area contributed by atoms with Gasteiger partial charge in [0.05, 0.1) is 24.9 Å². The van der Waals surface area contributed by atoms with Gasteiger partial charge in [0.1, 0.15) is 12.1 Å². The first-order valence-corrected chi connectivity index (χ1v) is 7.64. The second-order valence-corrected chi connectivity index (χ2v) is 5.68. The Bertz CT molecular complexity index is 646. The van der Waals surface area contributed by atoms with Crippen molar-refractivity contribution >= 4 is 23.7 Å². The van der Waals surface area contributed by atoms with Gasteiger partial charge in [0.25, 0.3) is 0 Å². The second kappa shape index (κ2) is 9.48. The van der Waals surface area contributed by atoms with Crippen LogP contribution in [0, 0.1) is 0 Å². The number of hydrogen-bond acceptors (Lipinski definition) is 7. The molecule has 1 rings (SSSR count). The van der Waals surface area contributed by atoms with E-state index in [0.29, 0.717) is 5.69 Å². The molecule has 0 aliphatic rings. The number of nitrogens with two attached hydrogens (primary N) is 2. The van der Waals surface area contributed by atoms with Gasteiger partial charge in [-0.15, -0.1) is 0 Å². The molecule has 0 aliphatic carbocycles. The van der Waals surface area contributed by atoms with E-state index in [1.807, 2.05) is 0 Å². The van der Waals surface area contributed by atoms with Crippen molar-refractivity contribution in [2.75, 3.05) is 0 Å². The summed E-state index contributed by atoms with van der Waals surface area (Å²) in [5, 5.41) is 23.4. The minimum atomic E-state index is -1.47. The van der Waals surface area contributed by atoms with E-state index >= 15 is 0 Å². The van der Waals surface area contributed by atoms with Crippen molar-refractivity contribution in [3.63, 3.8) is 0 Å². The molecule has 0 radical (unpaired) electrons. The normalized spacial score (nSPS) is 15.3.